The molecule has 0 radical (unpaired) electrons. The molecule has 8 nitrogen and oxygen atoms in total. The summed E-state index contributed by atoms with van der Waals surface area (Å²) in [5.74, 6) is 1.44. The molecule has 0 saturated carbocycles. The van der Waals surface area contributed by atoms with Crippen molar-refractivity contribution in [3.63, 3.8) is 0 Å². The number of nitrogens with one attached hydrogen (secondary N) is 2. The van der Waals surface area contributed by atoms with Crippen LogP contribution in [0.15, 0.2) is 52.3 Å². The van der Waals surface area contributed by atoms with Gasteiger partial charge in [-0.15, -0.1) is 0 Å². The fourth-order valence-corrected chi connectivity index (χ4v) is 6.18. The van der Waals surface area contributed by atoms with Crippen molar-refractivity contribution in [1.29, 1.82) is 0 Å². The van der Waals surface area contributed by atoms with E-state index in [0.29, 0.717) is 37.7 Å². The van der Waals surface area contributed by atoms with E-state index in [-0.39, 0.29) is 11.9 Å². The molecule has 0 aliphatic carbocycles. The molecule has 0 spiro atoms. The highest BCUT2D eigenvalue weighted by molar-refractivity contribution is 7.97. The van der Waals surface area contributed by atoms with Crippen LogP contribution in [0, 0.1) is 0 Å². The topological polar surface area (TPSA) is 83.1 Å². The molecule has 2 aliphatic heterocycles. The zero-order chi connectivity index (χ0) is 24.6. The second kappa shape index (κ2) is 12.6. The summed E-state index contributed by atoms with van der Waals surface area (Å²) in [6, 6.07) is 14.0. The number of fused-ring (bicyclic) bond motifs is 1. The summed E-state index contributed by atoms with van der Waals surface area (Å²) in [7, 11) is -1.24. The lowest BCUT2D eigenvalue weighted by Gasteiger charge is -2.22. The third-order valence-corrected chi connectivity index (χ3v) is 8.14. The van der Waals surface area contributed by atoms with Crippen molar-refractivity contribution in [3.8, 4) is 11.5 Å². The van der Waals surface area contributed by atoms with Crippen LogP contribution < -0.4 is 20.1 Å². The van der Waals surface area contributed by atoms with Crippen LogP contribution in [0.1, 0.15) is 26.7 Å². The molecule has 4 rings (SSSR count). The molecule has 1 atom stereocenters. The van der Waals surface area contributed by atoms with E-state index in [4.69, 9.17) is 9.47 Å². The van der Waals surface area contributed by atoms with Crippen LogP contribution in [0.4, 0.5) is 5.69 Å². The highest BCUT2D eigenvalue weighted by Crippen LogP contribution is 2.33. The van der Waals surface area contributed by atoms with Crippen molar-refractivity contribution in [1.82, 2.24) is 13.9 Å². The van der Waals surface area contributed by atoms with Crippen molar-refractivity contribution in [2.75, 3.05) is 51.3 Å². The number of nitrogens with zero attached hydrogens (tertiary/aromatic N) is 2. The summed E-state index contributed by atoms with van der Waals surface area (Å²) in [6.07, 6.45) is 1.38. The summed E-state index contributed by atoms with van der Waals surface area (Å²) < 4.78 is 28.8. The molecular weight excluding hydrogens is 484 g/mol. The van der Waals surface area contributed by atoms with E-state index in [1.807, 2.05) is 48.5 Å². The van der Waals surface area contributed by atoms with Gasteiger partial charge in [-0.1, -0.05) is 6.07 Å². The van der Waals surface area contributed by atoms with Gasteiger partial charge in [0, 0.05) is 61.8 Å². The van der Waals surface area contributed by atoms with Crippen LogP contribution in [0.2, 0.25) is 0 Å². The Kier molecular flexibility index (Phi) is 9.31. The van der Waals surface area contributed by atoms with E-state index < -0.39 is 11.0 Å². The predicted molar refractivity (Wildman–Crippen MR) is 140 cm³/mol. The summed E-state index contributed by atoms with van der Waals surface area (Å²) in [4.78, 5) is 13.7. The Morgan fingerprint density at radius 3 is 2.71 bits per heavy atom. The maximum absolute atomic E-state index is 13.2. The van der Waals surface area contributed by atoms with Gasteiger partial charge in [-0.3, -0.25) is 4.79 Å². The van der Waals surface area contributed by atoms with Gasteiger partial charge in [-0.05, 0) is 62.5 Å². The quantitative estimate of drug-likeness (QED) is 0.492. The number of benzene rings is 2. The Morgan fingerprint density at radius 2 is 1.89 bits per heavy atom. The maximum Gasteiger partial charge on any atom is 0.221 e. The number of carbonyl (C=O) groups excluding carboxylic acids is 1. The van der Waals surface area contributed by atoms with Crippen molar-refractivity contribution in [2.24, 2.45) is 0 Å². The largest absolute Gasteiger partial charge is 0.486 e. The minimum absolute atomic E-state index is 0.0563. The number of amides is 1. The van der Waals surface area contributed by atoms with Crippen LogP contribution in [0.3, 0.4) is 0 Å². The Morgan fingerprint density at radius 1 is 1.06 bits per heavy atom. The zero-order valence-electron chi connectivity index (χ0n) is 20.3. The van der Waals surface area contributed by atoms with Crippen molar-refractivity contribution in [2.45, 2.75) is 42.5 Å². The minimum Gasteiger partial charge on any atom is -0.486 e. The van der Waals surface area contributed by atoms with Gasteiger partial charge >= 0.3 is 0 Å². The third-order valence-electron chi connectivity index (χ3n) is 5.56. The first kappa shape index (κ1) is 25.8. The standard InChI is InChI=1S/C25H34N4O4S2/c1-19(2)27-25(30)9-10-26-20-5-3-6-21(17-20)34-28-11-4-12-29(14-13-28)35(31)22-7-8-23-24(18-22)33-16-15-32-23/h3,5-8,17-19,26H,4,9-16H2,1-2H3,(H,27,30). The second-order valence-electron chi connectivity index (χ2n) is 8.78. The molecule has 1 fully saturated rings. The van der Waals surface area contributed by atoms with Gasteiger partial charge in [0.25, 0.3) is 0 Å². The molecule has 10 heteroatoms. The highest BCUT2D eigenvalue weighted by Gasteiger charge is 2.22. The van der Waals surface area contributed by atoms with Crippen LogP contribution in [-0.4, -0.2) is 70.7 Å². The van der Waals surface area contributed by atoms with Gasteiger partial charge in [-0.25, -0.2) is 12.8 Å². The molecule has 0 bridgehead atoms. The van der Waals surface area contributed by atoms with Crippen LogP contribution >= 0.6 is 11.9 Å². The first-order valence-electron chi connectivity index (χ1n) is 12.1. The van der Waals surface area contributed by atoms with E-state index in [9.17, 15) is 9.00 Å². The lowest BCUT2D eigenvalue weighted by atomic mass is 10.3. The molecule has 2 aromatic rings. The van der Waals surface area contributed by atoms with Gasteiger partial charge in [0.15, 0.2) is 11.5 Å². The van der Waals surface area contributed by atoms with E-state index in [2.05, 4.69) is 27.1 Å². The second-order valence-corrected chi connectivity index (χ2v) is 11.4. The highest BCUT2D eigenvalue weighted by atomic mass is 32.2. The lowest BCUT2D eigenvalue weighted by Crippen LogP contribution is -2.31. The van der Waals surface area contributed by atoms with Crippen molar-refractivity contribution >= 4 is 34.5 Å². The SMILES string of the molecule is CC(C)NC(=O)CCNc1cccc(SN2CCCN(S(=O)c3ccc4c(c3)OCCO4)CC2)c1. The normalized spacial score (nSPS) is 17.6. The number of rotatable bonds is 9. The average Bonchev–Trinajstić information content (AvgIpc) is 3.08. The number of carbonyl (C=O) groups is 1. The predicted octanol–water partition coefficient (Wildman–Crippen LogP) is 3.52. The monoisotopic (exact) mass is 518 g/mol. The number of ether oxygens (including phenoxy) is 2. The van der Waals surface area contributed by atoms with Crippen molar-refractivity contribution < 1.29 is 18.5 Å². The molecule has 2 N–H and O–H groups in total. The van der Waals surface area contributed by atoms with Gasteiger partial charge < -0.3 is 20.1 Å². The zero-order valence-corrected chi connectivity index (χ0v) is 22.0. The molecule has 1 unspecified atom stereocenters. The Hall–Kier alpha value is -2.27. The number of hydrogen-bond donors (Lipinski definition) is 2. The first-order valence-corrected chi connectivity index (χ1v) is 14.0. The molecule has 1 saturated heterocycles. The van der Waals surface area contributed by atoms with Gasteiger partial charge in [-0.2, -0.15) is 0 Å². The van der Waals surface area contributed by atoms with E-state index in [1.165, 1.54) is 0 Å². The minimum atomic E-state index is -1.24. The maximum atomic E-state index is 13.2. The fourth-order valence-electron chi connectivity index (χ4n) is 3.94. The molecule has 2 aromatic carbocycles. The smallest absolute Gasteiger partial charge is 0.221 e. The molecule has 0 aromatic heterocycles. The van der Waals surface area contributed by atoms with Crippen LogP contribution in [0.5, 0.6) is 11.5 Å². The molecule has 1 amide bonds. The molecule has 2 aliphatic rings. The third kappa shape index (κ3) is 7.60. The Labute approximate surface area is 214 Å². The number of hydrogen-bond acceptors (Lipinski definition) is 7. The summed E-state index contributed by atoms with van der Waals surface area (Å²) in [6.45, 7) is 8.81. The molecule has 35 heavy (non-hydrogen) atoms. The van der Waals surface area contributed by atoms with Crippen LogP contribution in [0.25, 0.3) is 0 Å². The van der Waals surface area contributed by atoms with Gasteiger partial charge in [0.2, 0.25) is 5.91 Å². The molecular formula is C25H34N4O4S2. The first-order chi connectivity index (χ1) is 17.0. The summed E-state index contributed by atoms with van der Waals surface area (Å²) >= 11 is 1.72. The van der Waals surface area contributed by atoms with Crippen LogP contribution in [-0.2, 0) is 15.8 Å². The van der Waals surface area contributed by atoms with E-state index >= 15 is 0 Å². The summed E-state index contributed by atoms with van der Waals surface area (Å²) in [5.41, 5.74) is 1.00. The Balaban J connectivity index is 1.28. The lowest BCUT2D eigenvalue weighted by molar-refractivity contribution is -0.121. The van der Waals surface area contributed by atoms with Crippen molar-refractivity contribution in [3.05, 3.63) is 42.5 Å². The average molecular weight is 519 g/mol. The summed E-state index contributed by atoms with van der Waals surface area (Å²) in [5, 5.41) is 6.25. The van der Waals surface area contributed by atoms with Gasteiger partial charge in [0.05, 0.1) is 4.90 Å². The fraction of sp³-hybridized carbons (Fsp3) is 0.480. The molecule has 190 valence electrons. The van der Waals surface area contributed by atoms with Gasteiger partial charge in [0.1, 0.15) is 24.2 Å². The van der Waals surface area contributed by atoms with E-state index in [0.717, 1.165) is 48.1 Å². The molecule has 2 heterocycles. The van der Waals surface area contributed by atoms with E-state index in [1.54, 1.807) is 11.9 Å². The Bertz CT molecular complexity index is 1040. The number of anilines is 1.